The van der Waals surface area contributed by atoms with E-state index in [0.717, 1.165) is 12.4 Å². The number of carbonyl (C=O) groups excluding carboxylic acids is 1. The van der Waals surface area contributed by atoms with Crippen molar-refractivity contribution in [3.05, 3.63) is 59.0 Å². The zero-order chi connectivity index (χ0) is 28.5. The van der Waals surface area contributed by atoms with Crippen LogP contribution in [0.15, 0.2) is 41.6 Å². The van der Waals surface area contributed by atoms with Crippen molar-refractivity contribution in [3.63, 3.8) is 0 Å². The Balaban J connectivity index is 1.96. The number of hydrogen-bond acceptors (Lipinski definition) is 7. The van der Waals surface area contributed by atoms with Gasteiger partial charge in [0, 0.05) is 23.3 Å². The monoisotopic (exact) mass is 553 g/mol. The maximum atomic E-state index is 14.0. The molecule has 0 fully saturated rings. The number of rotatable bonds is 8. The van der Waals surface area contributed by atoms with Crippen molar-refractivity contribution >= 4 is 15.6 Å². The lowest BCUT2D eigenvalue weighted by molar-refractivity contribution is -0.140. The van der Waals surface area contributed by atoms with Gasteiger partial charge in [-0.3, -0.25) is 9.78 Å². The maximum absolute atomic E-state index is 14.0. The van der Waals surface area contributed by atoms with E-state index in [-0.39, 0.29) is 30.3 Å². The molecular weight excluding hydrogens is 523 g/mol. The molecule has 0 saturated carbocycles. The van der Waals surface area contributed by atoms with Gasteiger partial charge in [-0.2, -0.15) is 18.3 Å². The van der Waals surface area contributed by atoms with E-state index in [0.29, 0.717) is 10.5 Å². The van der Waals surface area contributed by atoms with Gasteiger partial charge in [-0.25, -0.2) is 13.7 Å². The summed E-state index contributed by atoms with van der Waals surface area (Å²) in [5.74, 6) is -1.64. The summed E-state index contributed by atoms with van der Waals surface area (Å²) in [6.07, 6.45) is -1.55. The largest absolute Gasteiger partial charge is 0.491 e. The van der Waals surface area contributed by atoms with E-state index in [1.54, 1.807) is 52.0 Å². The fourth-order valence-corrected chi connectivity index (χ4v) is 4.21. The number of nitrogens with zero attached hydrogens (tertiary/aromatic N) is 3. The molecular formula is C25H30F3N5O4S. The van der Waals surface area contributed by atoms with Crippen molar-refractivity contribution in [1.82, 2.24) is 20.1 Å². The smallest absolute Gasteiger partial charge is 0.423 e. The van der Waals surface area contributed by atoms with Crippen LogP contribution in [0.4, 0.5) is 13.2 Å². The molecule has 2 heterocycles. The van der Waals surface area contributed by atoms with Gasteiger partial charge in [0.2, 0.25) is 5.88 Å². The van der Waals surface area contributed by atoms with Gasteiger partial charge in [0.15, 0.2) is 17.2 Å². The second-order valence-corrected chi connectivity index (χ2v) is 11.7. The third-order valence-corrected chi connectivity index (χ3v) is 6.58. The molecule has 1 aromatic carbocycles. The van der Waals surface area contributed by atoms with Gasteiger partial charge in [0.1, 0.15) is 5.56 Å². The van der Waals surface area contributed by atoms with Crippen LogP contribution in [0.2, 0.25) is 0 Å². The predicted octanol–water partition coefficient (Wildman–Crippen LogP) is 5.52. The zero-order valence-corrected chi connectivity index (χ0v) is 22.7. The highest BCUT2D eigenvalue weighted by Gasteiger charge is 2.40. The van der Waals surface area contributed by atoms with Crippen molar-refractivity contribution in [1.29, 1.82) is 4.78 Å². The average Bonchev–Trinajstić information content (AvgIpc) is 3.13. The number of aromatic nitrogens is 3. The SMILES string of the molecule is CCOc1cncc(Oc2c(C)c(C(=O)NCc3ccc(S(C)(=N)=O)cc3)nn2C(C)(C)C)c1C(F)(F)F. The van der Waals surface area contributed by atoms with Crippen molar-refractivity contribution in [2.75, 3.05) is 12.9 Å². The number of ether oxygens (including phenoxy) is 2. The molecule has 0 aliphatic carbocycles. The first-order valence-electron chi connectivity index (χ1n) is 11.6. The highest BCUT2D eigenvalue weighted by molar-refractivity contribution is 7.91. The Hall–Kier alpha value is -3.61. The van der Waals surface area contributed by atoms with Crippen LogP contribution in [0.25, 0.3) is 0 Å². The van der Waals surface area contributed by atoms with Gasteiger partial charge in [-0.05, 0) is 52.3 Å². The second-order valence-electron chi connectivity index (χ2n) is 9.58. The predicted molar refractivity (Wildman–Crippen MR) is 135 cm³/mol. The Morgan fingerprint density at radius 3 is 2.26 bits per heavy atom. The summed E-state index contributed by atoms with van der Waals surface area (Å²) in [6.45, 7) is 8.52. The average molecular weight is 554 g/mol. The Bertz CT molecular complexity index is 1430. The molecule has 2 N–H and O–H groups in total. The third kappa shape index (κ3) is 6.44. The van der Waals surface area contributed by atoms with Crippen LogP contribution in [0, 0.1) is 11.7 Å². The fourth-order valence-electron chi connectivity index (χ4n) is 3.55. The van der Waals surface area contributed by atoms with Gasteiger partial charge in [-0.1, -0.05) is 12.1 Å². The molecule has 2 aromatic heterocycles. The van der Waals surface area contributed by atoms with Gasteiger partial charge in [-0.15, -0.1) is 0 Å². The van der Waals surface area contributed by atoms with Crippen LogP contribution < -0.4 is 14.8 Å². The normalized spacial score (nSPS) is 13.6. The van der Waals surface area contributed by atoms with Crippen LogP contribution in [-0.2, 0) is 28.0 Å². The van der Waals surface area contributed by atoms with Gasteiger partial charge >= 0.3 is 6.18 Å². The Morgan fingerprint density at radius 2 is 1.74 bits per heavy atom. The quantitative estimate of drug-likeness (QED) is 0.379. The summed E-state index contributed by atoms with van der Waals surface area (Å²) in [7, 11) is -2.86. The summed E-state index contributed by atoms with van der Waals surface area (Å²) in [5, 5.41) is 7.10. The number of nitrogens with one attached hydrogen (secondary N) is 2. The second kappa shape index (κ2) is 10.6. The van der Waals surface area contributed by atoms with Crippen molar-refractivity contribution < 1.29 is 31.6 Å². The van der Waals surface area contributed by atoms with Crippen LogP contribution in [-0.4, -0.2) is 37.7 Å². The Morgan fingerprint density at radius 1 is 1.13 bits per heavy atom. The van der Waals surface area contributed by atoms with Crippen LogP contribution in [0.3, 0.4) is 0 Å². The molecule has 206 valence electrons. The first-order chi connectivity index (χ1) is 17.5. The fraction of sp³-hybridized carbons (Fsp3) is 0.400. The summed E-state index contributed by atoms with van der Waals surface area (Å²) in [5.41, 5.74) is -0.946. The molecule has 13 heteroatoms. The van der Waals surface area contributed by atoms with Crippen LogP contribution >= 0.6 is 0 Å². The first kappa shape index (κ1) is 29.0. The van der Waals surface area contributed by atoms with E-state index >= 15 is 0 Å². The lowest BCUT2D eigenvalue weighted by Crippen LogP contribution is -2.26. The number of halogens is 3. The minimum Gasteiger partial charge on any atom is -0.491 e. The zero-order valence-electron chi connectivity index (χ0n) is 21.9. The summed E-state index contributed by atoms with van der Waals surface area (Å²) in [4.78, 5) is 17.2. The number of hydrogen-bond donors (Lipinski definition) is 2. The Kier molecular flexibility index (Phi) is 8.10. The molecule has 9 nitrogen and oxygen atoms in total. The van der Waals surface area contributed by atoms with E-state index < -0.39 is 44.4 Å². The van der Waals surface area contributed by atoms with Crippen LogP contribution in [0.1, 0.15) is 54.9 Å². The minimum atomic E-state index is -4.79. The summed E-state index contributed by atoms with van der Waals surface area (Å²) in [6, 6.07) is 6.43. The standard InChI is InChI=1S/C25H30F3N5O4S/c1-7-36-18-13-30-14-19(20(18)25(26,27)28)37-23-15(2)21(32-33(23)24(3,4)5)22(34)31-12-16-8-10-17(11-9-16)38(6,29)35/h8-11,13-14,29H,7,12H2,1-6H3,(H,31,34). The number of pyridine rings is 1. The lowest BCUT2D eigenvalue weighted by atomic mass is 10.1. The van der Waals surface area contributed by atoms with Crippen LogP contribution in [0.5, 0.6) is 17.4 Å². The summed E-state index contributed by atoms with van der Waals surface area (Å²) >= 11 is 0. The number of amides is 1. The van der Waals surface area contributed by atoms with E-state index in [1.807, 2.05) is 0 Å². The topological polar surface area (TPSA) is 119 Å². The lowest BCUT2D eigenvalue weighted by Gasteiger charge is -2.23. The molecule has 1 atom stereocenters. The van der Waals surface area contributed by atoms with Gasteiger partial charge < -0.3 is 14.8 Å². The van der Waals surface area contributed by atoms with Gasteiger partial charge in [0.05, 0.1) is 34.3 Å². The maximum Gasteiger partial charge on any atom is 0.423 e. The number of alkyl halides is 3. The molecule has 0 aliphatic rings. The van der Waals surface area contributed by atoms with E-state index in [2.05, 4.69) is 15.4 Å². The van der Waals surface area contributed by atoms with Crippen molar-refractivity contribution in [2.45, 2.75) is 57.8 Å². The highest BCUT2D eigenvalue weighted by Crippen LogP contribution is 2.44. The Labute approximate surface area is 219 Å². The van der Waals surface area contributed by atoms with E-state index in [4.69, 9.17) is 14.3 Å². The van der Waals surface area contributed by atoms with E-state index in [1.165, 1.54) is 17.9 Å². The molecule has 3 aromatic rings. The third-order valence-electron chi connectivity index (χ3n) is 5.41. The summed E-state index contributed by atoms with van der Waals surface area (Å²) < 4.78 is 73.6. The molecule has 0 bridgehead atoms. The van der Waals surface area contributed by atoms with Gasteiger partial charge in [0.25, 0.3) is 5.91 Å². The number of carbonyl (C=O) groups is 1. The molecule has 0 radical (unpaired) electrons. The molecule has 1 unspecified atom stereocenters. The van der Waals surface area contributed by atoms with Crippen molar-refractivity contribution in [3.8, 4) is 17.4 Å². The molecule has 0 aliphatic heterocycles. The highest BCUT2D eigenvalue weighted by atomic mass is 32.2. The first-order valence-corrected chi connectivity index (χ1v) is 13.6. The molecule has 0 spiro atoms. The molecule has 0 saturated heterocycles. The molecule has 3 rings (SSSR count). The minimum absolute atomic E-state index is 0.000685. The number of benzene rings is 1. The molecule has 38 heavy (non-hydrogen) atoms. The van der Waals surface area contributed by atoms with Crippen molar-refractivity contribution in [2.24, 2.45) is 0 Å². The van der Waals surface area contributed by atoms with E-state index in [9.17, 15) is 22.2 Å². The molecule has 1 amide bonds.